The third-order valence-corrected chi connectivity index (χ3v) is 3.76. The Bertz CT molecular complexity index is 432. The van der Waals surface area contributed by atoms with Gasteiger partial charge >= 0.3 is 5.97 Å². The molecule has 0 atom stereocenters. The van der Waals surface area contributed by atoms with Crippen molar-refractivity contribution in [1.82, 2.24) is 5.32 Å². The molecule has 1 aliphatic rings. The minimum atomic E-state index is -0.373. The predicted octanol–water partition coefficient (Wildman–Crippen LogP) is 3.38. The highest BCUT2D eigenvalue weighted by atomic mass is 16.5. The lowest BCUT2D eigenvalue weighted by atomic mass is 9.75. The number of hydrogen-bond acceptors (Lipinski definition) is 4. The minimum Gasteiger partial charge on any atom is -0.460 e. The summed E-state index contributed by atoms with van der Waals surface area (Å²) in [5.41, 5.74) is 0.273. The SMILES string of the molecule is CC1(C)CC(CCOC(=O)c2ccco2)CC(C)(C)N1. The maximum absolute atomic E-state index is 11.7. The van der Waals surface area contributed by atoms with Crippen molar-refractivity contribution in [3.63, 3.8) is 0 Å². The van der Waals surface area contributed by atoms with Gasteiger partial charge in [0.1, 0.15) is 0 Å². The number of piperidine rings is 1. The van der Waals surface area contributed by atoms with E-state index in [9.17, 15) is 4.79 Å². The molecule has 1 aliphatic heterocycles. The van der Waals surface area contributed by atoms with Crippen LogP contribution in [0, 0.1) is 5.92 Å². The summed E-state index contributed by atoms with van der Waals surface area (Å²) in [5, 5.41) is 3.66. The first-order valence-electron chi connectivity index (χ1n) is 7.27. The molecule has 1 N–H and O–H groups in total. The Hall–Kier alpha value is -1.29. The molecular weight excluding hydrogens is 254 g/mol. The summed E-state index contributed by atoms with van der Waals surface area (Å²) in [7, 11) is 0. The second-order valence-corrected chi connectivity index (χ2v) is 7.07. The summed E-state index contributed by atoms with van der Waals surface area (Å²) in [6.45, 7) is 9.38. The molecule has 0 saturated carbocycles. The average Bonchev–Trinajstić information content (AvgIpc) is 2.77. The second-order valence-electron chi connectivity index (χ2n) is 7.07. The molecule has 0 unspecified atom stereocenters. The fourth-order valence-electron chi connectivity index (χ4n) is 3.52. The van der Waals surface area contributed by atoms with Crippen LogP contribution in [0.15, 0.2) is 22.8 Å². The molecule has 1 aromatic heterocycles. The molecule has 1 fully saturated rings. The van der Waals surface area contributed by atoms with E-state index < -0.39 is 0 Å². The number of carbonyl (C=O) groups is 1. The Morgan fingerprint density at radius 2 is 2.00 bits per heavy atom. The zero-order valence-electron chi connectivity index (χ0n) is 12.9. The monoisotopic (exact) mass is 279 g/mol. The fourth-order valence-corrected chi connectivity index (χ4v) is 3.52. The van der Waals surface area contributed by atoms with Crippen molar-refractivity contribution in [1.29, 1.82) is 0 Å². The smallest absolute Gasteiger partial charge is 0.374 e. The number of esters is 1. The molecule has 0 spiro atoms. The van der Waals surface area contributed by atoms with Gasteiger partial charge in [-0.15, -0.1) is 0 Å². The fraction of sp³-hybridized carbons (Fsp3) is 0.688. The van der Waals surface area contributed by atoms with Crippen LogP contribution in [0.4, 0.5) is 0 Å². The van der Waals surface area contributed by atoms with Gasteiger partial charge in [0.05, 0.1) is 12.9 Å². The van der Waals surface area contributed by atoms with Crippen molar-refractivity contribution in [2.45, 2.75) is 58.0 Å². The maximum atomic E-state index is 11.7. The summed E-state index contributed by atoms with van der Waals surface area (Å²) in [6.07, 6.45) is 4.60. The first-order chi connectivity index (χ1) is 9.27. The van der Waals surface area contributed by atoms with Gasteiger partial charge in [0.15, 0.2) is 0 Å². The van der Waals surface area contributed by atoms with Gasteiger partial charge in [0.25, 0.3) is 0 Å². The van der Waals surface area contributed by atoms with Crippen molar-refractivity contribution in [2.75, 3.05) is 6.61 Å². The molecule has 0 aromatic carbocycles. The summed E-state index contributed by atoms with van der Waals surface area (Å²) in [5.74, 6) is 0.476. The molecule has 2 rings (SSSR count). The van der Waals surface area contributed by atoms with E-state index in [4.69, 9.17) is 9.15 Å². The summed E-state index contributed by atoms with van der Waals surface area (Å²) in [6, 6.07) is 3.31. The standard InChI is InChI=1S/C16H25NO3/c1-15(2)10-12(11-16(3,4)17-15)7-9-20-14(18)13-6-5-8-19-13/h5-6,8,12,17H,7,9-11H2,1-4H3. The lowest BCUT2D eigenvalue weighted by Crippen LogP contribution is -2.57. The van der Waals surface area contributed by atoms with Gasteiger partial charge in [0, 0.05) is 11.1 Å². The number of carbonyl (C=O) groups excluding carboxylic acids is 1. The highest BCUT2D eigenvalue weighted by Crippen LogP contribution is 2.34. The Balaban J connectivity index is 1.80. The van der Waals surface area contributed by atoms with Crippen LogP contribution >= 0.6 is 0 Å². The quantitative estimate of drug-likeness (QED) is 0.858. The summed E-state index contributed by atoms with van der Waals surface area (Å²) < 4.78 is 10.3. The normalized spacial score (nSPS) is 21.6. The van der Waals surface area contributed by atoms with E-state index in [0.29, 0.717) is 12.5 Å². The van der Waals surface area contributed by atoms with Gasteiger partial charge in [-0.3, -0.25) is 0 Å². The molecule has 112 valence electrons. The third-order valence-electron chi connectivity index (χ3n) is 3.76. The first kappa shape index (κ1) is 15.1. The van der Waals surface area contributed by atoms with Crippen LogP contribution < -0.4 is 5.32 Å². The molecule has 0 amide bonds. The van der Waals surface area contributed by atoms with E-state index in [1.807, 2.05) is 0 Å². The lowest BCUT2D eigenvalue weighted by molar-refractivity contribution is 0.0403. The van der Waals surface area contributed by atoms with E-state index >= 15 is 0 Å². The molecule has 1 saturated heterocycles. The molecule has 0 aliphatic carbocycles. The first-order valence-corrected chi connectivity index (χ1v) is 7.27. The van der Waals surface area contributed by atoms with Crippen LogP contribution in [0.25, 0.3) is 0 Å². The Kier molecular flexibility index (Phi) is 4.23. The van der Waals surface area contributed by atoms with Crippen molar-refractivity contribution >= 4 is 5.97 Å². The highest BCUT2D eigenvalue weighted by Gasteiger charge is 2.37. The molecule has 2 heterocycles. The average molecular weight is 279 g/mol. The van der Waals surface area contributed by atoms with Crippen LogP contribution in [0.5, 0.6) is 0 Å². The van der Waals surface area contributed by atoms with E-state index in [1.54, 1.807) is 12.1 Å². The van der Waals surface area contributed by atoms with Gasteiger partial charge < -0.3 is 14.5 Å². The van der Waals surface area contributed by atoms with Gasteiger partial charge in [-0.05, 0) is 65.0 Å². The number of rotatable bonds is 4. The second kappa shape index (κ2) is 5.60. The largest absolute Gasteiger partial charge is 0.460 e. The van der Waals surface area contributed by atoms with E-state index in [0.717, 1.165) is 19.3 Å². The van der Waals surface area contributed by atoms with E-state index in [2.05, 4.69) is 33.0 Å². The summed E-state index contributed by atoms with van der Waals surface area (Å²) in [4.78, 5) is 11.7. The molecule has 4 heteroatoms. The van der Waals surface area contributed by atoms with Crippen molar-refractivity contribution in [3.8, 4) is 0 Å². The van der Waals surface area contributed by atoms with Gasteiger partial charge in [-0.25, -0.2) is 4.79 Å². The number of furan rings is 1. The van der Waals surface area contributed by atoms with E-state index in [1.165, 1.54) is 6.26 Å². The van der Waals surface area contributed by atoms with Gasteiger partial charge in [-0.1, -0.05) is 0 Å². The third kappa shape index (κ3) is 4.10. The number of ether oxygens (including phenoxy) is 1. The Morgan fingerprint density at radius 3 is 2.55 bits per heavy atom. The molecule has 1 aromatic rings. The van der Waals surface area contributed by atoms with Crippen molar-refractivity contribution in [2.24, 2.45) is 5.92 Å². The van der Waals surface area contributed by atoms with Gasteiger partial charge in [-0.2, -0.15) is 0 Å². The van der Waals surface area contributed by atoms with Crippen molar-refractivity contribution in [3.05, 3.63) is 24.2 Å². The molecular formula is C16H25NO3. The predicted molar refractivity (Wildman–Crippen MR) is 77.6 cm³/mol. The zero-order valence-corrected chi connectivity index (χ0v) is 12.9. The Morgan fingerprint density at radius 1 is 1.35 bits per heavy atom. The molecule has 0 bridgehead atoms. The maximum Gasteiger partial charge on any atom is 0.374 e. The Labute approximate surface area is 120 Å². The number of nitrogens with one attached hydrogen (secondary N) is 1. The number of hydrogen-bond donors (Lipinski definition) is 1. The molecule has 20 heavy (non-hydrogen) atoms. The highest BCUT2D eigenvalue weighted by molar-refractivity contribution is 5.86. The van der Waals surface area contributed by atoms with Gasteiger partial charge in [0.2, 0.25) is 5.76 Å². The van der Waals surface area contributed by atoms with Crippen LogP contribution in [0.1, 0.15) is 57.5 Å². The van der Waals surface area contributed by atoms with Crippen LogP contribution in [0.3, 0.4) is 0 Å². The van der Waals surface area contributed by atoms with Crippen LogP contribution in [-0.2, 0) is 4.74 Å². The topological polar surface area (TPSA) is 51.5 Å². The van der Waals surface area contributed by atoms with E-state index in [-0.39, 0.29) is 22.8 Å². The molecule has 4 nitrogen and oxygen atoms in total. The summed E-state index contributed by atoms with van der Waals surface area (Å²) >= 11 is 0. The van der Waals surface area contributed by atoms with Crippen LogP contribution in [-0.4, -0.2) is 23.7 Å². The lowest BCUT2D eigenvalue weighted by Gasteiger charge is -2.46. The molecule has 0 radical (unpaired) electrons. The van der Waals surface area contributed by atoms with Crippen LogP contribution in [0.2, 0.25) is 0 Å². The zero-order chi connectivity index (χ0) is 14.8. The minimum absolute atomic E-state index is 0.136. The van der Waals surface area contributed by atoms with Crippen molar-refractivity contribution < 1.29 is 13.9 Å².